The van der Waals surface area contributed by atoms with Gasteiger partial charge in [-0.25, -0.2) is 0 Å². The van der Waals surface area contributed by atoms with Crippen molar-refractivity contribution in [3.05, 3.63) is 58.6 Å². The van der Waals surface area contributed by atoms with Gasteiger partial charge in [-0.05, 0) is 67.4 Å². The minimum atomic E-state index is -0.469. The summed E-state index contributed by atoms with van der Waals surface area (Å²) >= 11 is 11.0. The molecule has 0 atom stereocenters. The maximum Gasteiger partial charge on any atom is 0.276 e. The lowest BCUT2D eigenvalue weighted by molar-refractivity contribution is -0.123. The van der Waals surface area contributed by atoms with Gasteiger partial charge in [0.05, 0.1) is 12.2 Å². The number of carbonyl (C=O) groups is 2. The molecule has 0 fully saturated rings. The summed E-state index contributed by atoms with van der Waals surface area (Å²) < 4.78 is 11.2. The molecule has 2 amide bonds. The monoisotopic (exact) mass is 463 g/mol. The second-order valence-electron chi connectivity index (χ2n) is 7.18. The maximum absolute atomic E-state index is 12.5. The average molecular weight is 464 g/mol. The number of hydrogen-bond donors (Lipinski definition) is 3. The highest BCUT2D eigenvalue weighted by molar-refractivity contribution is 7.80. The van der Waals surface area contributed by atoms with Crippen molar-refractivity contribution >= 4 is 40.7 Å². The first kappa shape index (κ1) is 24.4. The van der Waals surface area contributed by atoms with E-state index in [4.69, 9.17) is 33.3 Å². The van der Waals surface area contributed by atoms with Gasteiger partial charge in [0.15, 0.2) is 11.7 Å². The van der Waals surface area contributed by atoms with E-state index in [9.17, 15) is 9.59 Å². The smallest absolute Gasteiger partial charge is 0.276 e. The van der Waals surface area contributed by atoms with E-state index in [1.54, 1.807) is 42.5 Å². The van der Waals surface area contributed by atoms with E-state index in [-0.39, 0.29) is 11.7 Å². The second-order valence-corrected chi connectivity index (χ2v) is 8.03. The minimum absolute atomic E-state index is 0.0574. The normalized spacial score (nSPS) is 10.4. The zero-order valence-corrected chi connectivity index (χ0v) is 19.2. The standard InChI is InChI=1S/C22H26ClN3O4S/c1-14(2)10-11-29-19-7-5-4-6-17(19)21(28)24-22(31)26-25-20(27)13-30-18-9-8-16(23)12-15(18)3/h4-9,12,14H,10-11,13H2,1-3H3,(H,25,27)(H2,24,26,28,31). The molecule has 0 aliphatic rings. The van der Waals surface area contributed by atoms with Crippen molar-refractivity contribution in [1.82, 2.24) is 16.2 Å². The Kier molecular flexibility index (Phi) is 9.55. The summed E-state index contributed by atoms with van der Waals surface area (Å²) in [5.41, 5.74) is 6.01. The first-order chi connectivity index (χ1) is 14.8. The fourth-order valence-corrected chi connectivity index (χ4v) is 2.84. The van der Waals surface area contributed by atoms with E-state index < -0.39 is 11.8 Å². The van der Waals surface area contributed by atoms with E-state index >= 15 is 0 Å². The van der Waals surface area contributed by atoms with Crippen molar-refractivity contribution in [2.75, 3.05) is 13.2 Å². The third-order valence-corrected chi connectivity index (χ3v) is 4.56. The van der Waals surface area contributed by atoms with Crippen molar-refractivity contribution in [3.8, 4) is 11.5 Å². The summed E-state index contributed by atoms with van der Waals surface area (Å²) in [7, 11) is 0. The molecule has 31 heavy (non-hydrogen) atoms. The molecule has 0 radical (unpaired) electrons. The van der Waals surface area contributed by atoms with Gasteiger partial charge in [0, 0.05) is 5.02 Å². The highest BCUT2D eigenvalue weighted by atomic mass is 35.5. The van der Waals surface area contributed by atoms with Crippen LogP contribution in [-0.4, -0.2) is 30.1 Å². The van der Waals surface area contributed by atoms with Crippen molar-refractivity contribution in [3.63, 3.8) is 0 Å². The Hall–Kier alpha value is -2.84. The molecule has 9 heteroatoms. The van der Waals surface area contributed by atoms with Crippen molar-refractivity contribution in [2.45, 2.75) is 27.2 Å². The Bertz CT molecular complexity index is 937. The fraction of sp³-hybridized carbons (Fsp3) is 0.318. The minimum Gasteiger partial charge on any atom is -0.493 e. The van der Waals surface area contributed by atoms with Crippen LogP contribution < -0.4 is 25.6 Å². The molecule has 2 aromatic carbocycles. The fourth-order valence-electron chi connectivity index (χ4n) is 2.47. The molecule has 2 rings (SSSR count). The first-order valence-electron chi connectivity index (χ1n) is 9.77. The number of hydrazine groups is 1. The number of rotatable bonds is 8. The van der Waals surface area contributed by atoms with Gasteiger partial charge in [0.1, 0.15) is 11.5 Å². The van der Waals surface area contributed by atoms with E-state index in [2.05, 4.69) is 30.0 Å². The molecular weight excluding hydrogens is 438 g/mol. The predicted octanol–water partition coefficient (Wildman–Crippen LogP) is 3.79. The summed E-state index contributed by atoms with van der Waals surface area (Å²) in [6.07, 6.45) is 0.875. The van der Waals surface area contributed by atoms with Gasteiger partial charge in [-0.2, -0.15) is 0 Å². The summed E-state index contributed by atoms with van der Waals surface area (Å²) in [5, 5.41) is 3.04. The lowest BCUT2D eigenvalue weighted by Crippen LogP contribution is -2.49. The summed E-state index contributed by atoms with van der Waals surface area (Å²) in [4.78, 5) is 24.5. The molecule has 0 aliphatic heterocycles. The molecule has 166 valence electrons. The maximum atomic E-state index is 12.5. The van der Waals surface area contributed by atoms with Crippen LogP contribution in [0.25, 0.3) is 0 Å². The Balaban J connectivity index is 1.80. The predicted molar refractivity (Wildman–Crippen MR) is 124 cm³/mol. The van der Waals surface area contributed by atoms with Gasteiger partial charge in [-0.15, -0.1) is 0 Å². The molecule has 0 bridgehead atoms. The lowest BCUT2D eigenvalue weighted by atomic mass is 10.1. The summed E-state index contributed by atoms with van der Waals surface area (Å²) in [5.74, 6) is 0.598. The van der Waals surface area contributed by atoms with Gasteiger partial charge < -0.3 is 9.47 Å². The number of thiocarbonyl (C=S) groups is 1. The number of carbonyl (C=O) groups excluding carboxylic acids is 2. The topological polar surface area (TPSA) is 88.7 Å². The van der Waals surface area contributed by atoms with Crippen LogP contribution in [0.5, 0.6) is 11.5 Å². The zero-order valence-electron chi connectivity index (χ0n) is 17.7. The lowest BCUT2D eigenvalue weighted by Gasteiger charge is -2.14. The van der Waals surface area contributed by atoms with Crippen LogP contribution in [-0.2, 0) is 4.79 Å². The molecule has 0 unspecified atom stereocenters. The number of amides is 2. The Labute approximate surface area is 192 Å². The molecular formula is C22H26ClN3O4S. The number of benzene rings is 2. The van der Waals surface area contributed by atoms with Gasteiger partial charge >= 0.3 is 0 Å². The molecule has 0 heterocycles. The Morgan fingerprint density at radius 1 is 1.06 bits per heavy atom. The first-order valence-corrected chi connectivity index (χ1v) is 10.6. The van der Waals surface area contributed by atoms with Crippen molar-refractivity contribution < 1.29 is 19.1 Å². The van der Waals surface area contributed by atoms with Crippen LogP contribution in [0.15, 0.2) is 42.5 Å². The highest BCUT2D eigenvalue weighted by Crippen LogP contribution is 2.21. The number of halogens is 1. The largest absolute Gasteiger partial charge is 0.493 e. The average Bonchev–Trinajstić information content (AvgIpc) is 2.71. The summed E-state index contributed by atoms with van der Waals surface area (Å²) in [6, 6.07) is 12.0. The van der Waals surface area contributed by atoms with E-state index in [0.717, 1.165) is 12.0 Å². The Morgan fingerprint density at radius 2 is 1.81 bits per heavy atom. The summed E-state index contributed by atoms with van der Waals surface area (Å²) in [6.45, 7) is 6.29. The van der Waals surface area contributed by atoms with Crippen molar-refractivity contribution in [1.29, 1.82) is 0 Å². The van der Waals surface area contributed by atoms with Crippen LogP contribution >= 0.6 is 23.8 Å². The number of hydrogen-bond acceptors (Lipinski definition) is 5. The molecule has 0 saturated carbocycles. The van der Waals surface area contributed by atoms with E-state index in [1.165, 1.54) is 0 Å². The third-order valence-electron chi connectivity index (χ3n) is 4.12. The second kappa shape index (κ2) is 12.1. The molecule has 0 spiro atoms. The van der Waals surface area contributed by atoms with Crippen LogP contribution in [0.2, 0.25) is 5.02 Å². The van der Waals surface area contributed by atoms with Gasteiger partial charge in [0.25, 0.3) is 11.8 Å². The number of ether oxygens (including phenoxy) is 2. The van der Waals surface area contributed by atoms with Crippen molar-refractivity contribution in [2.24, 2.45) is 5.92 Å². The van der Waals surface area contributed by atoms with Gasteiger partial charge in [-0.1, -0.05) is 37.6 Å². The van der Waals surface area contributed by atoms with Crippen LogP contribution in [0, 0.1) is 12.8 Å². The zero-order chi connectivity index (χ0) is 22.8. The number of aryl methyl sites for hydroxylation is 1. The third kappa shape index (κ3) is 8.43. The van der Waals surface area contributed by atoms with E-state index in [1.807, 2.05) is 6.92 Å². The Morgan fingerprint density at radius 3 is 2.52 bits per heavy atom. The van der Waals surface area contributed by atoms with Crippen LogP contribution in [0.4, 0.5) is 0 Å². The SMILES string of the molecule is Cc1cc(Cl)ccc1OCC(=O)NNC(=S)NC(=O)c1ccccc1OCCC(C)C. The van der Waals surface area contributed by atoms with Gasteiger partial charge in [-0.3, -0.25) is 25.8 Å². The number of nitrogens with one attached hydrogen (secondary N) is 3. The molecule has 0 aliphatic carbocycles. The molecule has 0 aromatic heterocycles. The molecule has 2 aromatic rings. The molecule has 0 saturated heterocycles. The quantitative estimate of drug-likeness (QED) is 0.408. The number of para-hydroxylation sites is 1. The molecule has 3 N–H and O–H groups in total. The van der Waals surface area contributed by atoms with E-state index in [0.29, 0.717) is 34.6 Å². The van der Waals surface area contributed by atoms with Crippen LogP contribution in [0.1, 0.15) is 36.2 Å². The van der Waals surface area contributed by atoms with Crippen LogP contribution in [0.3, 0.4) is 0 Å². The molecule has 7 nitrogen and oxygen atoms in total. The highest BCUT2D eigenvalue weighted by Gasteiger charge is 2.14. The van der Waals surface area contributed by atoms with Gasteiger partial charge in [0.2, 0.25) is 0 Å².